The van der Waals surface area contributed by atoms with Crippen LogP contribution in [0.5, 0.6) is 5.75 Å². The minimum Gasteiger partial charge on any atom is -0.493 e. The average Bonchev–Trinajstić information content (AvgIpc) is 3.37. The van der Waals surface area contributed by atoms with Gasteiger partial charge in [-0.1, -0.05) is 18.2 Å². The number of nitrogens with zero attached hydrogens (tertiary/aromatic N) is 2. The van der Waals surface area contributed by atoms with Crippen molar-refractivity contribution in [2.75, 3.05) is 20.2 Å². The molecule has 2 aromatic rings. The van der Waals surface area contributed by atoms with Crippen LogP contribution in [0.25, 0.3) is 0 Å². The van der Waals surface area contributed by atoms with E-state index in [1.54, 1.807) is 18.4 Å². The topological polar surface area (TPSA) is 58.5 Å². The molecule has 1 fully saturated rings. The van der Waals surface area contributed by atoms with E-state index in [0.29, 0.717) is 6.54 Å². The zero-order valence-corrected chi connectivity index (χ0v) is 15.7. The first-order chi connectivity index (χ1) is 12.2. The highest BCUT2D eigenvalue weighted by Crippen LogP contribution is 2.30. The maximum absolute atomic E-state index is 5.96. The Balaban J connectivity index is 1.45. The van der Waals surface area contributed by atoms with Gasteiger partial charge < -0.3 is 15.4 Å². The van der Waals surface area contributed by atoms with Crippen LogP contribution in [-0.2, 0) is 13.0 Å². The Morgan fingerprint density at radius 1 is 1.32 bits per heavy atom. The molecule has 25 heavy (non-hydrogen) atoms. The highest BCUT2D eigenvalue weighted by Gasteiger charge is 2.22. The van der Waals surface area contributed by atoms with Crippen molar-refractivity contribution in [3.8, 4) is 5.75 Å². The zero-order chi connectivity index (χ0) is 17.5. The van der Waals surface area contributed by atoms with Crippen LogP contribution in [0.1, 0.15) is 28.3 Å². The third kappa shape index (κ3) is 5.74. The van der Waals surface area contributed by atoms with E-state index in [1.165, 1.54) is 17.7 Å². The molecule has 0 aliphatic heterocycles. The number of aliphatic imine (C=N–C) groups is 1. The lowest BCUT2D eigenvalue weighted by Crippen LogP contribution is -2.37. The molecule has 1 saturated carbocycles. The van der Waals surface area contributed by atoms with Crippen LogP contribution in [0.4, 0.5) is 0 Å². The van der Waals surface area contributed by atoms with E-state index in [2.05, 4.69) is 33.6 Å². The number of hydrogen-bond donors (Lipinski definition) is 2. The van der Waals surface area contributed by atoms with Crippen LogP contribution in [-0.4, -0.2) is 31.1 Å². The summed E-state index contributed by atoms with van der Waals surface area (Å²) in [5.41, 5.74) is 1.15. The highest BCUT2D eigenvalue weighted by molar-refractivity contribution is 7.11. The minimum absolute atomic E-state index is 0.691. The van der Waals surface area contributed by atoms with Crippen molar-refractivity contribution in [1.82, 2.24) is 15.6 Å². The van der Waals surface area contributed by atoms with Crippen LogP contribution < -0.4 is 15.4 Å². The second-order valence-electron chi connectivity index (χ2n) is 6.33. The van der Waals surface area contributed by atoms with Gasteiger partial charge in [0.05, 0.1) is 11.6 Å². The summed E-state index contributed by atoms with van der Waals surface area (Å²) in [4.78, 5) is 9.93. The molecule has 1 aliphatic carbocycles. The molecule has 1 aliphatic rings. The second kappa shape index (κ2) is 8.85. The fraction of sp³-hybridized carbons (Fsp3) is 0.474. The van der Waals surface area contributed by atoms with Gasteiger partial charge >= 0.3 is 0 Å². The smallest absolute Gasteiger partial charge is 0.191 e. The number of ether oxygens (including phenoxy) is 1. The fourth-order valence-electron chi connectivity index (χ4n) is 2.49. The van der Waals surface area contributed by atoms with Crippen LogP contribution in [0.3, 0.4) is 0 Å². The molecule has 0 bridgehead atoms. The highest BCUT2D eigenvalue weighted by atomic mass is 32.1. The van der Waals surface area contributed by atoms with Crippen molar-refractivity contribution in [2.45, 2.75) is 32.7 Å². The summed E-state index contributed by atoms with van der Waals surface area (Å²) >= 11 is 1.74. The Bertz CT molecular complexity index is 709. The quantitative estimate of drug-likeness (QED) is 0.562. The molecule has 1 aromatic carbocycles. The van der Waals surface area contributed by atoms with Crippen LogP contribution in [0, 0.1) is 12.8 Å². The number of para-hydroxylation sites is 1. The van der Waals surface area contributed by atoms with Crippen molar-refractivity contribution in [2.24, 2.45) is 10.9 Å². The van der Waals surface area contributed by atoms with E-state index in [9.17, 15) is 0 Å². The third-order valence-electron chi connectivity index (χ3n) is 4.11. The van der Waals surface area contributed by atoms with E-state index in [0.717, 1.165) is 47.8 Å². The molecule has 1 aromatic heterocycles. The maximum atomic E-state index is 5.96. The first-order valence-corrected chi connectivity index (χ1v) is 9.63. The molecule has 0 amide bonds. The summed E-state index contributed by atoms with van der Waals surface area (Å²) in [6.45, 7) is 4.42. The molecule has 0 unspecified atom stereocenters. The third-order valence-corrected chi connectivity index (χ3v) is 5.09. The van der Waals surface area contributed by atoms with Crippen LogP contribution in [0.2, 0.25) is 0 Å². The van der Waals surface area contributed by atoms with Crippen molar-refractivity contribution in [3.05, 3.63) is 45.9 Å². The lowest BCUT2D eigenvalue weighted by atomic mass is 10.2. The molecule has 0 atom stereocenters. The SMILES string of the molecule is CN=C(NCCc1ncc(C)s1)NCc1ccccc1OCC1CC1. The number of benzene rings is 1. The fourth-order valence-corrected chi connectivity index (χ4v) is 3.27. The van der Waals surface area contributed by atoms with Crippen LogP contribution >= 0.6 is 11.3 Å². The van der Waals surface area contributed by atoms with Gasteiger partial charge in [0, 0.05) is 43.2 Å². The van der Waals surface area contributed by atoms with Gasteiger partial charge in [0.2, 0.25) is 0 Å². The molecule has 6 heteroatoms. The Hall–Kier alpha value is -2.08. The normalized spacial score (nSPS) is 14.4. The number of rotatable bonds is 8. The Morgan fingerprint density at radius 2 is 2.16 bits per heavy atom. The molecular weight excluding hydrogens is 332 g/mol. The van der Waals surface area contributed by atoms with Gasteiger partial charge in [-0.05, 0) is 31.7 Å². The van der Waals surface area contributed by atoms with E-state index in [-0.39, 0.29) is 0 Å². The van der Waals surface area contributed by atoms with Gasteiger partial charge in [-0.15, -0.1) is 11.3 Å². The molecule has 2 N–H and O–H groups in total. The van der Waals surface area contributed by atoms with Gasteiger partial charge in [-0.3, -0.25) is 4.99 Å². The Labute approximate surface area is 153 Å². The van der Waals surface area contributed by atoms with Gasteiger partial charge in [0.15, 0.2) is 5.96 Å². The lowest BCUT2D eigenvalue weighted by Gasteiger charge is -2.14. The lowest BCUT2D eigenvalue weighted by molar-refractivity contribution is 0.296. The molecular formula is C19H26N4OS. The number of hydrogen-bond acceptors (Lipinski definition) is 4. The van der Waals surface area contributed by atoms with E-state index >= 15 is 0 Å². The van der Waals surface area contributed by atoms with E-state index < -0.39 is 0 Å². The molecule has 3 rings (SSSR count). The predicted octanol–water partition coefficient (Wildman–Crippen LogP) is 3.15. The second-order valence-corrected chi connectivity index (χ2v) is 7.65. The number of guanidine groups is 1. The molecule has 0 radical (unpaired) electrons. The van der Waals surface area contributed by atoms with Crippen molar-refractivity contribution >= 4 is 17.3 Å². The monoisotopic (exact) mass is 358 g/mol. The molecule has 0 spiro atoms. The van der Waals surface area contributed by atoms with Gasteiger partial charge in [-0.25, -0.2) is 4.98 Å². The van der Waals surface area contributed by atoms with Crippen molar-refractivity contribution in [1.29, 1.82) is 0 Å². The Kier molecular flexibility index (Phi) is 6.28. The summed E-state index contributed by atoms with van der Waals surface area (Å²) in [6.07, 6.45) is 5.43. The van der Waals surface area contributed by atoms with Crippen LogP contribution in [0.15, 0.2) is 35.5 Å². The number of nitrogens with one attached hydrogen (secondary N) is 2. The number of thiazole rings is 1. The number of aromatic nitrogens is 1. The van der Waals surface area contributed by atoms with Gasteiger partial charge in [0.1, 0.15) is 5.75 Å². The molecule has 5 nitrogen and oxygen atoms in total. The molecule has 1 heterocycles. The predicted molar refractivity (Wildman–Crippen MR) is 103 cm³/mol. The van der Waals surface area contributed by atoms with E-state index in [1.807, 2.05) is 24.4 Å². The van der Waals surface area contributed by atoms with Crippen molar-refractivity contribution in [3.63, 3.8) is 0 Å². The average molecular weight is 359 g/mol. The maximum Gasteiger partial charge on any atom is 0.191 e. The minimum atomic E-state index is 0.691. The molecule has 0 saturated heterocycles. The number of aryl methyl sites for hydroxylation is 1. The summed E-state index contributed by atoms with van der Waals surface area (Å²) in [6, 6.07) is 8.21. The standard InChI is InChI=1S/C19H26N4OS/c1-14-11-22-18(25-14)9-10-21-19(20-2)23-12-16-5-3-4-6-17(16)24-13-15-7-8-15/h3-6,11,15H,7-10,12-13H2,1-2H3,(H2,20,21,23). The van der Waals surface area contributed by atoms with E-state index in [4.69, 9.17) is 4.74 Å². The van der Waals surface area contributed by atoms with Gasteiger partial charge in [-0.2, -0.15) is 0 Å². The first-order valence-electron chi connectivity index (χ1n) is 8.81. The Morgan fingerprint density at radius 3 is 2.88 bits per heavy atom. The summed E-state index contributed by atoms with van der Waals surface area (Å²) in [5, 5.41) is 7.86. The zero-order valence-electron chi connectivity index (χ0n) is 14.9. The first kappa shape index (κ1) is 17.7. The molecule has 134 valence electrons. The summed E-state index contributed by atoms with van der Waals surface area (Å²) < 4.78 is 5.96. The largest absolute Gasteiger partial charge is 0.493 e. The van der Waals surface area contributed by atoms with Gasteiger partial charge in [0.25, 0.3) is 0 Å². The summed E-state index contributed by atoms with van der Waals surface area (Å²) in [7, 11) is 1.79. The van der Waals surface area contributed by atoms with Crippen molar-refractivity contribution < 1.29 is 4.74 Å². The summed E-state index contributed by atoms with van der Waals surface area (Å²) in [5.74, 6) is 2.52.